The van der Waals surface area contributed by atoms with E-state index in [-0.39, 0.29) is 0 Å². The predicted octanol–water partition coefficient (Wildman–Crippen LogP) is 1.65. The fraction of sp³-hybridized carbons (Fsp3) is 1.00. The molecule has 72 valence electrons. The third-order valence-corrected chi connectivity index (χ3v) is 2.58. The summed E-state index contributed by atoms with van der Waals surface area (Å²) >= 11 is 0. The lowest BCUT2D eigenvalue weighted by atomic mass is 10.1. The predicted molar refractivity (Wildman–Crippen MR) is 53.1 cm³/mol. The Morgan fingerprint density at radius 3 is 2.33 bits per heavy atom. The highest BCUT2D eigenvalue weighted by Gasteiger charge is 2.11. The maximum Gasteiger partial charge on any atom is 0.0136 e. The summed E-state index contributed by atoms with van der Waals surface area (Å²) in [7, 11) is 0. The molecule has 2 nitrogen and oxygen atoms in total. The van der Waals surface area contributed by atoms with Crippen LogP contribution in [0.25, 0.3) is 0 Å². The summed E-state index contributed by atoms with van der Waals surface area (Å²) in [5.74, 6) is 0. The van der Waals surface area contributed by atoms with E-state index in [1.54, 1.807) is 0 Å². The Bertz CT molecular complexity index is 104. The van der Waals surface area contributed by atoms with E-state index in [0.717, 1.165) is 12.6 Å². The summed E-state index contributed by atoms with van der Waals surface area (Å²) in [5.41, 5.74) is 5.69. The van der Waals surface area contributed by atoms with Crippen molar-refractivity contribution in [3.63, 3.8) is 0 Å². The number of hydrogen-bond donors (Lipinski definition) is 2. The van der Waals surface area contributed by atoms with Gasteiger partial charge in [0.15, 0.2) is 0 Å². The van der Waals surface area contributed by atoms with E-state index >= 15 is 0 Å². The fourth-order valence-corrected chi connectivity index (χ4v) is 1.84. The van der Waals surface area contributed by atoms with E-state index < -0.39 is 0 Å². The number of rotatable bonds is 3. The van der Waals surface area contributed by atoms with Crippen molar-refractivity contribution in [2.45, 2.75) is 57.5 Å². The van der Waals surface area contributed by atoms with Crippen LogP contribution in [0.1, 0.15) is 45.4 Å². The van der Waals surface area contributed by atoms with Gasteiger partial charge in [-0.3, -0.25) is 0 Å². The van der Waals surface area contributed by atoms with Crippen LogP contribution in [0.2, 0.25) is 0 Å². The Labute approximate surface area is 75.9 Å². The summed E-state index contributed by atoms with van der Waals surface area (Å²) in [4.78, 5) is 0. The van der Waals surface area contributed by atoms with Crippen LogP contribution in [0.4, 0.5) is 0 Å². The zero-order valence-corrected chi connectivity index (χ0v) is 8.18. The highest BCUT2D eigenvalue weighted by atomic mass is 14.9. The van der Waals surface area contributed by atoms with E-state index in [4.69, 9.17) is 5.73 Å². The molecular formula is C10H22N2. The average molecular weight is 170 g/mol. The second-order valence-electron chi connectivity index (χ2n) is 4.07. The van der Waals surface area contributed by atoms with Crippen molar-refractivity contribution in [1.82, 2.24) is 5.32 Å². The molecule has 0 spiro atoms. The van der Waals surface area contributed by atoms with Gasteiger partial charge in [-0.25, -0.2) is 0 Å². The summed E-state index contributed by atoms with van der Waals surface area (Å²) in [6.45, 7) is 3.04. The summed E-state index contributed by atoms with van der Waals surface area (Å²) in [6.07, 6.45) is 8.36. The van der Waals surface area contributed by atoms with Crippen molar-refractivity contribution in [2.75, 3.05) is 6.54 Å². The third kappa shape index (κ3) is 4.07. The average Bonchev–Trinajstić information content (AvgIpc) is 2.28. The van der Waals surface area contributed by atoms with Gasteiger partial charge in [0, 0.05) is 18.6 Å². The smallest absolute Gasteiger partial charge is 0.0136 e. The minimum absolute atomic E-state index is 0.299. The third-order valence-electron chi connectivity index (χ3n) is 2.58. The summed E-state index contributed by atoms with van der Waals surface area (Å²) in [6, 6.07) is 1.05. The van der Waals surface area contributed by atoms with Gasteiger partial charge < -0.3 is 11.1 Å². The molecule has 0 aromatic carbocycles. The highest BCUT2D eigenvalue weighted by molar-refractivity contribution is 4.72. The van der Waals surface area contributed by atoms with E-state index in [2.05, 4.69) is 12.2 Å². The van der Waals surface area contributed by atoms with Gasteiger partial charge in [-0.15, -0.1) is 0 Å². The van der Waals surface area contributed by atoms with E-state index in [9.17, 15) is 0 Å². The van der Waals surface area contributed by atoms with E-state index in [1.165, 1.54) is 38.5 Å². The summed E-state index contributed by atoms with van der Waals surface area (Å²) < 4.78 is 0. The molecule has 0 radical (unpaired) electrons. The molecule has 12 heavy (non-hydrogen) atoms. The van der Waals surface area contributed by atoms with Crippen LogP contribution < -0.4 is 11.1 Å². The van der Waals surface area contributed by atoms with Crippen LogP contribution >= 0.6 is 0 Å². The molecule has 1 aliphatic carbocycles. The van der Waals surface area contributed by atoms with Crippen LogP contribution in [0.3, 0.4) is 0 Å². The lowest BCUT2D eigenvalue weighted by Gasteiger charge is -2.17. The zero-order chi connectivity index (χ0) is 8.81. The molecule has 0 bridgehead atoms. The molecule has 0 aromatic rings. The lowest BCUT2D eigenvalue weighted by molar-refractivity contribution is 0.445. The van der Waals surface area contributed by atoms with Crippen molar-refractivity contribution in [3.05, 3.63) is 0 Å². The van der Waals surface area contributed by atoms with Gasteiger partial charge in [0.25, 0.3) is 0 Å². The first-order valence-electron chi connectivity index (χ1n) is 5.28. The Balaban J connectivity index is 2.12. The zero-order valence-electron chi connectivity index (χ0n) is 8.18. The molecule has 3 N–H and O–H groups in total. The molecule has 1 atom stereocenters. The molecule has 1 unspecified atom stereocenters. The van der Waals surface area contributed by atoms with Crippen LogP contribution in [0.5, 0.6) is 0 Å². The number of hydrogen-bond acceptors (Lipinski definition) is 2. The second-order valence-corrected chi connectivity index (χ2v) is 4.07. The fourth-order valence-electron chi connectivity index (χ4n) is 1.84. The maximum absolute atomic E-state index is 5.69. The van der Waals surface area contributed by atoms with Gasteiger partial charge in [-0.05, 0) is 19.8 Å². The van der Waals surface area contributed by atoms with Gasteiger partial charge in [-0.2, -0.15) is 0 Å². The molecule has 1 fully saturated rings. The molecule has 0 aliphatic heterocycles. The SMILES string of the molecule is CC(N)CNC1CCCCCC1. The first-order valence-corrected chi connectivity index (χ1v) is 5.28. The quantitative estimate of drug-likeness (QED) is 0.632. The van der Waals surface area contributed by atoms with Gasteiger partial charge >= 0.3 is 0 Å². The van der Waals surface area contributed by atoms with Crippen molar-refractivity contribution >= 4 is 0 Å². The minimum Gasteiger partial charge on any atom is -0.327 e. The first kappa shape index (κ1) is 10.0. The molecule has 0 aromatic heterocycles. The van der Waals surface area contributed by atoms with Crippen LogP contribution in [-0.2, 0) is 0 Å². The largest absolute Gasteiger partial charge is 0.327 e. The second kappa shape index (κ2) is 5.55. The van der Waals surface area contributed by atoms with Crippen LogP contribution in [0, 0.1) is 0 Å². The topological polar surface area (TPSA) is 38.0 Å². The monoisotopic (exact) mass is 170 g/mol. The number of nitrogens with two attached hydrogens (primary N) is 1. The molecule has 0 amide bonds. The molecule has 2 heteroatoms. The van der Waals surface area contributed by atoms with Crippen LogP contribution in [0.15, 0.2) is 0 Å². The lowest BCUT2D eigenvalue weighted by Crippen LogP contribution is -2.37. The van der Waals surface area contributed by atoms with E-state index in [0.29, 0.717) is 6.04 Å². The molecule has 0 saturated heterocycles. The normalized spacial score (nSPS) is 23.5. The van der Waals surface area contributed by atoms with Crippen molar-refractivity contribution in [3.8, 4) is 0 Å². The first-order chi connectivity index (χ1) is 5.79. The highest BCUT2D eigenvalue weighted by Crippen LogP contribution is 2.16. The standard InChI is InChI=1S/C10H22N2/c1-9(11)8-12-10-6-4-2-3-5-7-10/h9-10,12H,2-8,11H2,1H3. The Hall–Kier alpha value is -0.0800. The van der Waals surface area contributed by atoms with Gasteiger partial charge in [0.1, 0.15) is 0 Å². The van der Waals surface area contributed by atoms with Crippen LogP contribution in [-0.4, -0.2) is 18.6 Å². The van der Waals surface area contributed by atoms with Crippen molar-refractivity contribution in [1.29, 1.82) is 0 Å². The Morgan fingerprint density at radius 2 is 1.83 bits per heavy atom. The molecule has 1 rings (SSSR count). The van der Waals surface area contributed by atoms with Gasteiger partial charge in [0.2, 0.25) is 0 Å². The number of nitrogens with one attached hydrogen (secondary N) is 1. The molecule has 1 saturated carbocycles. The summed E-state index contributed by atoms with van der Waals surface area (Å²) in [5, 5.41) is 3.54. The maximum atomic E-state index is 5.69. The van der Waals surface area contributed by atoms with Gasteiger partial charge in [0.05, 0.1) is 0 Å². The van der Waals surface area contributed by atoms with Crippen molar-refractivity contribution in [2.24, 2.45) is 5.73 Å². The van der Waals surface area contributed by atoms with Gasteiger partial charge in [-0.1, -0.05) is 25.7 Å². The Kier molecular flexibility index (Phi) is 4.62. The minimum atomic E-state index is 0.299. The molecule has 1 aliphatic rings. The van der Waals surface area contributed by atoms with Crippen molar-refractivity contribution < 1.29 is 0 Å². The molecular weight excluding hydrogens is 148 g/mol. The molecule has 0 heterocycles. The Morgan fingerprint density at radius 1 is 1.25 bits per heavy atom. The van der Waals surface area contributed by atoms with E-state index in [1.807, 2.05) is 0 Å².